The van der Waals surface area contributed by atoms with Crippen LogP contribution in [0.15, 0.2) is 46.9 Å². The molecule has 1 unspecified atom stereocenters. The summed E-state index contributed by atoms with van der Waals surface area (Å²) in [6.07, 6.45) is 1.89. The van der Waals surface area contributed by atoms with Crippen molar-refractivity contribution >= 4 is 17.8 Å². The van der Waals surface area contributed by atoms with Gasteiger partial charge in [0, 0.05) is 12.6 Å². The Hall–Kier alpha value is -3.09. The Bertz CT molecular complexity index is 919. The van der Waals surface area contributed by atoms with Gasteiger partial charge in [0.15, 0.2) is 5.54 Å². The molecule has 2 aromatic rings. The van der Waals surface area contributed by atoms with Gasteiger partial charge in [-0.3, -0.25) is 14.5 Å². The molecule has 7 heteroatoms. The fourth-order valence-electron chi connectivity index (χ4n) is 3.52. The standard InChI is InChI=1S/C21H23N3O4/c1-14-8-11-17(28-14)21(2)19(26)24(20(27)22-21)13-18(25)23(16-9-10-16)12-15-6-4-3-5-7-15/h3-8,11,16H,9-10,12-13H2,1-2H3,(H,22,27). The van der Waals surface area contributed by atoms with Gasteiger partial charge in [0.1, 0.15) is 18.1 Å². The van der Waals surface area contributed by atoms with Crippen LogP contribution in [-0.4, -0.2) is 40.2 Å². The number of benzene rings is 1. The molecule has 1 aromatic carbocycles. The molecule has 0 bridgehead atoms. The highest BCUT2D eigenvalue weighted by molar-refractivity contribution is 6.08. The molecular formula is C21H23N3O4. The number of urea groups is 1. The summed E-state index contributed by atoms with van der Waals surface area (Å²) in [5.41, 5.74) is -0.272. The number of amides is 4. The second kappa shape index (κ2) is 6.82. The first-order chi connectivity index (χ1) is 13.4. The zero-order chi connectivity index (χ0) is 19.9. The average molecular weight is 381 g/mol. The Morgan fingerprint density at radius 2 is 1.93 bits per heavy atom. The molecule has 0 spiro atoms. The maximum atomic E-state index is 13.0. The van der Waals surface area contributed by atoms with Crippen molar-refractivity contribution in [3.63, 3.8) is 0 Å². The van der Waals surface area contributed by atoms with Gasteiger partial charge < -0.3 is 14.6 Å². The minimum Gasteiger partial charge on any atom is -0.463 e. The number of rotatable bonds is 6. The number of hydrogen-bond donors (Lipinski definition) is 1. The van der Waals surface area contributed by atoms with E-state index in [1.807, 2.05) is 30.3 Å². The third-order valence-electron chi connectivity index (χ3n) is 5.31. The number of hydrogen-bond acceptors (Lipinski definition) is 4. The van der Waals surface area contributed by atoms with Crippen molar-refractivity contribution in [2.24, 2.45) is 0 Å². The summed E-state index contributed by atoms with van der Waals surface area (Å²) >= 11 is 0. The van der Waals surface area contributed by atoms with Gasteiger partial charge in [-0.25, -0.2) is 4.79 Å². The lowest BCUT2D eigenvalue weighted by Gasteiger charge is -2.25. The first-order valence-electron chi connectivity index (χ1n) is 9.43. The highest BCUT2D eigenvalue weighted by atomic mass is 16.3. The molecule has 1 saturated heterocycles. The minimum atomic E-state index is -1.30. The summed E-state index contributed by atoms with van der Waals surface area (Å²) in [7, 11) is 0. The van der Waals surface area contributed by atoms with E-state index in [9.17, 15) is 14.4 Å². The van der Waals surface area contributed by atoms with E-state index in [0.717, 1.165) is 23.3 Å². The van der Waals surface area contributed by atoms with Crippen molar-refractivity contribution in [3.8, 4) is 0 Å². The van der Waals surface area contributed by atoms with Crippen LogP contribution in [0.4, 0.5) is 4.79 Å². The number of nitrogens with one attached hydrogen (secondary N) is 1. The topological polar surface area (TPSA) is 82.9 Å². The molecule has 28 heavy (non-hydrogen) atoms. The summed E-state index contributed by atoms with van der Waals surface area (Å²) in [5.74, 6) is 0.308. The molecule has 146 valence electrons. The first kappa shape index (κ1) is 18.3. The Morgan fingerprint density at radius 3 is 2.54 bits per heavy atom. The quantitative estimate of drug-likeness (QED) is 0.780. The molecule has 1 atom stereocenters. The Morgan fingerprint density at radius 1 is 1.21 bits per heavy atom. The third-order valence-corrected chi connectivity index (χ3v) is 5.31. The van der Waals surface area contributed by atoms with E-state index in [1.165, 1.54) is 0 Å². The second-order valence-corrected chi connectivity index (χ2v) is 7.60. The number of carbonyl (C=O) groups is 3. The van der Waals surface area contributed by atoms with Crippen LogP contribution in [0.5, 0.6) is 0 Å². The van der Waals surface area contributed by atoms with Gasteiger partial charge in [-0.2, -0.15) is 0 Å². The minimum absolute atomic E-state index is 0.174. The van der Waals surface area contributed by atoms with Gasteiger partial charge >= 0.3 is 6.03 Å². The van der Waals surface area contributed by atoms with Crippen molar-refractivity contribution in [2.75, 3.05) is 6.54 Å². The maximum absolute atomic E-state index is 13.0. The van der Waals surface area contributed by atoms with Gasteiger partial charge in [-0.15, -0.1) is 0 Å². The van der Waals surface area contributed by atoms with Crippen molar-refractivity contribution in [1.29, 1.82) is 0 Å². The molecular weight excluding hydrogens is 358 g/mol. The Balaban J connectivity index is 1.50. The molecule has 2 aliphatic rings. The van der Waals surface area contributed by atoms with Gasteiger partial charge in [0.2, 0.25) is 5.91 Å². The lowest BCUT2D eigenvalue weighted by atomic mass is 9.99. The maximum Gasteiger partial charge on any atom is 0.325 e. The third kappa shape index (κ3) is 3.28. The van der Waals surface area contributed by atoms with E-state index in [1.54, 1.807) is 30.9 Å². The number of imide groups is 1. The molecule has 4 amide bonds. The van der Waals surface area contributed by atoms with E-state index in [0.29, 0.717) is 18.1 Å². The number of nitrogens with zero attached hydrogens (tertiary/aromatic N) is 2. The highest BCUT2D eigenvalue weighted by Gasteiger charge is 2.52. The first-order valence-corrected chi connectivity index (χ1v) is 9.43. The molecule has 1 saturated carbocycles. The molecule has 1 aliphatic carbocycles. The van der Waals surface area contributed by atoms with Crippen molar-refractivity contribution < 1.29 is 18.8 Å². The van der Waals surface area contributed by atoms with Crippen molar-refractivity contribution in [3.05, 3.63) is 59.5 Å². The molecule has 7 nitrogen and oxygen atoms in total. The lowest BCUT2D eigenvalue weighted by Crippen LogP contribution is -2.45. The summed E-state index contributed by atoms with van der Waals surface area (Å²) in [6, 6.07) is 12.7. The summed E-state index contributed by atoms with van der Waals surface area (Å²) in [4.78, 5) is 41.1. The van der Waals surface area contributed by atoms with Crippen LogP contribution in [0.3, 0.4) is 0 Å². The molecule has 1 N–H and O–H groups in total. The number of carbonyl (C=O) groups excluding carboxylic acids is 3. The van der Waals surface area contributed by atoms with Gasteiger partial charge in [-0.05, 0) is 44.4 Å². The van der Waals surface area contributed by atoms with Gasteiger partial charge in [0.05, 0.1) is 0 Å². The van der Waals surface area contributed by atoms with Crippen LogP contribution in [0.2, 0.25) is 0 Å². The largest absolute Gasteiger partial charge is 0.463 e. The van der Waals surface area contributed by atoms with Crippen molar-refractivity contribution in [1.82, 2.24) is 15.1 Å². The van der Waals surface area contributed by atoms with E-state index >= 15 is 0 Å². The molecule has 0 radical (unpaired) electrons. The molecule has 1 aliphatic heterocycles. The normalized spacial score (nSPS) is 21.7. The monoisotopic (exact) mass is 381 g/mol. The molecule has 1 aromatic heterocycles. The molecule has 2 heterocycles. The van der Waals surface area contributed by atoms with Crippen LogP contribution in [0, 0.1) is 6.92 Å². The summed E-state index contributed by atoms with van der Waals surface area (Å²) in [6.45, 7) is 3.57. The number of furan rings is 1. The smallest absolute Gasteiger partial charge is 0.325 e. The van der Waals surface area contributed by atoms with Crippen LogP contribution in [0.1, 0.15) is 36.8 Å². The highest BCUT2D eigenvalue weighted by Crippen LogP contribution is 2.32. The fraction of sp³-hybridized carbons (Fsp3) is 0.381. The zero-order valence-corrected chi connectivity index (χ0v) is 16.0. The summed E-state index contributed by atoms with van der Waals surface area (Å²) < 4.78 is 5.56. The predicted molar refractivity (Wildman–Crippen MR) is 101 cm³/mol. The molecule has 4 rings (SSSR count). The predicted octanol–water partition coefficient (Wildman–Crippen LogP) is 2.55. The van der Waals surface area contributed by atoms with Crippen LogP contribution in [-0.2, 0) is 21.7 Å². The SMILES string of the molecule is Cc1ccc(C2(C)NC(=O)N(CC(=O)N(Cc3ccccc3)C3CC3)C2=O)o1. The molecule has 2 fully saturated rings. The van der Waals surface area contributed by atoms with E-state index in [4.69, 9.17) is 4.42 Å². The van der Waals surface area contributed by atoms with Crippen LogP contribution in [0.25, 0.3) is 0 Å². The second-order valence-electron chi connectivity index (χ2n) is 7.60. The number of aryl methyl sites for hydroxylation is 1. The van der Waals surface area contributed by atoms with E-state index < -0.39 is 17.5 Å². The van der Waals surface area contributed by atoms with Crippen molar-refractivity contribution in [2.45, 2.75) is 44.8 Å². The van der Waals surface area contributed by atoms with Gasteiger partial charge in [0.25, 0.3) is 5.91 Å². The zero-order valence-electron chi connectivity index (χ0n) is 16.0. The fourth-order valence-corrected chi connectivity index (χ4v) is 3.52. The van der Waals surface area contributed by atoms with E-state index in [2.05, 4.69) is 5.32 Å². The van der Waals surface area contributed by atoms with Gasteiger partial charge in [-0.1, -0.05) is 30.3 Å². The Kier molecular flexibility index (Phi) is 4.45. The lowest BCUT2D eigenvalue weighted by molar-refractivity contribution is -0.139. The summed E-state index contributed by atoms with van der Waals surface area (Å²) in [5, 5.41) is 2.67. The van der Waals surface area contributed by atoms with Crippen LogP contribution < -0.4 is 5.32 Å². The van der Waals surface area contributed by atoms with Crippen LogP contribution >= 0.6 is 0 Å². The Labute approximate surface area is 163 Å². The average Bonchev–Trinajstić information content (AvgIpc) is 3.38. The van der Waals surface area contributed by atoms with E-state index in [-0.39, 0.29) is 18.5 Å².